The molecule has 0 aromatic heterocycles. The summed E-state index contributed by atoms with van der Waals surface area (Å²) in [5.74, 6) is -0.422. The average Bonchev–Trinajstić information content (AvgIpc) is 3.15. The lowest BCUT2D eigenvalue weighted by Crippen LogP contribution is -2.41. The molecule has 2 fully saturated rings. The van der Waals surface area contributed by atoms with E-state index in [2.05, 4.69) is 13.5 Å². The molecule has 0 aromatic rings. The van der Waals surface area contributed by atoms with Crippen molar-refractivity contribution in [2.75, 3.05) is 6.61 Å². The quantitative estimate of drug-likeness (QED) is 0.101. The van der Waals surface area contributed by atoms with Crippen molar-refractivity contribution in [3.05, 3.63) is 36.8 Å². The van der Waals surface area contributed by atoms with Gasteiger partial charge in [-0.25, -0.2) is 0 Å². The second kappa shape index (κ2) is 16.7. The number of ketones is 2. The molecule has 0 amide bonds. The van der Waals surface area contributed by atoms with E-state index in [1.165, 1.54) is 38.2 Å². The summed E-state index contributed by atoms with van der Waals surface area (Å²) < 4.78 is 0. The molecule has 194 valence electrons. The Balaban J connectivity index is 0.00000182. The first kappa shape index (κ1) is 30.1. The highest BCUT2D eigenvalue weighted by Gasteiger charge is 2.43. The average molecular weight is 479 g/mol. The first-order valence-electron chi connectivity index (χ1n) is 13.0. The maximum Gasteiger partial charge on any atom is 0.222 e. The van der Waals surface area contributed by atoms with E-state index in [9.17, 15) is 19.8 Å². The molecule has 0 spiro atoms. The van der Waals surface area contributed by atoms with Crippen molar-refractivity contribution in [3.63, 3.8) is 0 Å². The summed E-state index contributed by atoms with van der Waals surface area (Å²) in [6.45, 7) is 4.43. The zero-order valence-electron chi connectivity index (χ0n) is 21.0. The molecule has 0 heterocycles. The van der Waals surface area contributed by atoms with Crippen molar-refractivity contribution in [3.8, 4) is 0 Å². The predicted octanol–water partition coefficient (Wildman–Crippen LogP) is 5.89. The number of aliphatic hydroxyl groups excluding tert-OH is 4. The Bertz CT molecular complexity index is 676. The number of carbonyl (C=O) groups excluding carboxylic acids is 2. The van der Waals surface area contributed by atoms with Gasteiger partial charge in [0.1, 0.15) is 12.4 Å². The predicted molar refractivity (Wildman–Crippen MR) is 136 cm³/mol. The maximum atomic E-state index is 12.4. The molecule has 0 aliphatic heterocycles. The summed E-state index contributed by atoms with van der Waals surface area (Å²) in [5.41, 5.74) is 0.134. The van der Waals surface area contributed by atoms with Gasteiger partial charge >= 0.3 is 0 Å². The van der Waals surface area contributed by atoms with Gasteiger partial charge in [0.15, 0.2) is 5.76 Å². The second-order valence-electron chi connectivity index (χ2n) is 9.81. The van der Waals surface area contributed by atoms with Crippen LogP contribution in [-0.4, -0.2) is 44.7 Å². The van der Waals surface area contributed by atoms with Crippen molar-refractivity contribution in [2.24, 2.45) is 17.3 Å². The smallest absolute Gasteiger partial charge is 0.222 e. The van der Waals surface area contributed by atoms with Gasteiger partial charge in [0, 0.05) is 12.3 Å². The topological polar surface area (TPSA) is 115 Å². The van der Waals surface area contributed by atoms with Gasteiger partial charge in [0.05, 0.1) is 12.4 Å². The molecule has 3 atom stereocenters. The van der Waals surface area contributed by atoms with Crippen LogP contribution in [0.25, 0.3) is 0 Å². The molecule has 4 N–H and O–H groups in total. The van der Waals surface area contributed by atoms with E-state index in [1.807, 2.05) is 6.08 Å². The minimum absolute atomic E-state index is 0.0513. The molecule has 0 radical (unpaired) electrons. The molecule has 6 nitrogen and oxygen atoms in total. The normalized spacial score (nSPS) is 22.7. The van der Waals surface area contributed by atoms with E-state index in [1.54, 1.807) is 6.08 Å². The van der Waals surface area contributed by atoms with Crippen molar-refractivity contribution in [1.29, 1.82) is 0 Å². The molecule has 34 heavy (non-hydrogen) atoms. The minimum Gasteiger partial charge on any atom is -0.516 e. The summed E-state index contributed by atoms with van der Waals surface area (Å²) in [6, 6.07) is 0. The zero-order chi connectivity index (χ0) is 25.4. The fraction of sp³-hybridized carbons (Fsp3) is 0.714. The van der Waals surface area contributed by atoms with Gasteiger partial charge in [-0.05, 0) is 68.8 Å². The molecule has 6 heteroatoms. The van der Waals surface area contributed by atoms with E-state index >= 15 is 0 Å². The highest BCUT2D eigenvalue weighted by molar-refractivity contribution is 5.94. The van der Waals surface area contributed by atoms with Gasteiger partial charge in [0.25, 0.3) is 0 Å². The van der Waals surface area contributed by atoms with E-state index in [-0.39, 0.29) is 17.4 Å². The van der Waals surface area contributed by atoms with Crippen LogP contribution in [-0.2, 0) is 9.59 Å². The number of allylic oxidation sites excluding steroid dienone is 3. The lowest BCUT2D eigenvalue weighted by molar-refractivity contribution is -0.121. The molecule has 2 rings (SSSR count). The van der Waals surface area contributed by atoms with Crippen LogP contribution in [0.3, 0.4) is 0 Å². The van der Waals surface area contributed by atoms with E-state index in [4.69, 9.17) is 10.2 Å². The first-order chi connectivity index (χ1) is 16.3. The molecule has 0 saturated heterocycles. The standard InChI is InChI=1S/C26H42O5.C2H4O/c1-2-3-4-8-16-26(17-9-18-26)25(31)15-13-20-12-14-22(28)21(20)10-6-5-7-11-23(29)24(30)19-27;1-2-3/h5,7,11,20-21,25,27,29,31H,2-4,6,8-10,12-19H2,1H3;2-3H,1H2/t20-,21-,25?;/m1./s1. The Kier molecular flexibility index (Phi) is 14.8. The number of unbranched alkanes of at least 4 members (excludes halogenated alkanes) is 3. The molecule has 2 aliphatic rings. The van der Waals surface area contributed by atoms with Crippen molar-refractivity contribution in [2.45, 2.75) is 103 Å². The van der Waals surface area contributed by atoms with Gasteiger partial charge < -0.3 is 20.4 Å². The highest BCUT2D eigenvalue weighted by atomic mass is 16.3. The van der Waals surface area contributed by atoms with Gasteiger partial charge in [-0.2, -0.15) is 0 Å². The summed E-state index contributed by atoms with van der Waals surface area (Å²) in [5, 5.41) is 36.4. The number of hydrogen-bond acceptors (Lipinski definition) is 6. The monoisotopic (exact) mass is 478 g/mol. The van der Waals surface area contributed by atoms with Crippen LogP contribution in [0.2, 0.25) is 0 Å². The summed E-state index contributed by atoms with van der Waals surface area (Å²) in [6.07, 6.45) is 19.7. The Hall–Kier alpha value is -1.92. The first-order valence-corrected chi connectivity index (χ1v) is 13.0. The fourth-order valence-corrected chi connectivity index (χ4v) is 5.39. The van der Waals surface area contributed by atoms with Crippen LogP contribution in [0, 0.1) is 17.3 Å². The molecule has 0 aromatic carbocycles. The fourth-order valence-electron chi connectivity index (χ4n) is 5.39. The molecular formula is C28H46O6. The molecule has 1 unspecified atom stereocenters. The van der Waals surface area contributed by atoms with Crippen LogP contribution < -0.4 is 0 Å². The summed E-state index contributed by atoms with van der Waals surface area (Å²) in [7, 11) is 0. The Labute approximate surface area is 205 Å². The van der Waals surface area contributed by atoms with Crippen LogP contribution >= 0.6 is 0 Å². The molecule has 2 saturated carbocycles. The van der Waals surface area contributed by atoms with Crippen LogP contribution in [0.4, 0.5) is 0 Å². The van der Waals surface area contributed by atoms with Crippen LogP contribution in [0.15, 0.2) is 36.8 Å². The SMILES string of the molecule is C=CO.CCCCCCC1(C(O)CC[C@H]2CCC(=O)[C@@H]2CCC=CC=C(O)C(=O)CO)CCC1. The third-order valence-electron chi connectivity index (χ3n) is 7.60. The lowest BCUT2D eigenvalue weighted by atomic mass is 9.61. The molecular weight excluding hydrogens is 432 g/mol. The number of hydrogen-bond donors (Lipinski definition) is 4. The Morgan fingerprint density at radius 3 is 2.53 bits per heavy atom. The third kappa shape index (κ3) is 9.75. The van der Waals surface area contributed by atoms with Crippen molar-refractivity contribution < 1.29 is 30.0 Å². The van der Waals surface area contributed by atoms with Gasteiger partial charge in [0.2, 0.25) is 5.78 Å². The van der Waals surface area contributed by atoms with Crippen molar-refractivity contribution >= 4 is 11.6 Å². The van der Waals surface area contributed by atoms with E-state index in [0.29, 0.717) is 24.5 Å². The lowest BCUT2D eigenvalue weighted by Gasteiger charge is -2.46. The van der Waals surface area contributed by atoms with Gasteiger partial charge in [-0.3, -0.25) is 9.59 Å². The Morgan fingerprint density at radius 1 is 1.24 bits per heavy atom. The van der Waals surface area contributed by atoms with Crippen molar-refractivity contribution in [1.82, 2.24) is 0 Å². The number of Topliss-reactive ketones (excluding diaryl/α,β-unsaturated/α-hetero) is 2. The maximum absolute atomic E-state index is 12.4. The molecule has 0 bridgehead atoms. The Morgan fingerprint density at radius 2 is 1.94 bits per heavy atom. The number of rotatable bonds is 15. The van der Waals surface area contributed by atoms with E-state index in [0.717, 1.165) is 51.2 Å². The number of carbonyl (C=O) groups is 2. The summed E-state index contributed by atoms with van der Waals surface area (Å²) in [4.78, 5) is 23.5. The van der Waals surface area contributed by atoms with Crippen LogP contribution in [0.1, 0.15) is 96.8 Å². The largest absolute Gasteiger partial charge is 0.516 e. The van der Waals surface area contributed by atoms with E-state index < -0.39 is 18.1 Å². The summed E-state index contributed by atoms with van der Waals surface area (Å²) >= 11 is 0. The highest BCUT2D eigenvalue weighted by Crippen LogP contribution is 2.50. The molecule has 2 aliphatic carbocycles. The number of aliphatic hydroxyl groups is 4. The third-order valence-corrected chi connectivity index (χ3v) is 7.60. The van der Waals surface area contributed by atoms with Gasteiger partial charge in [-0.15, -0.1) is 0 Å². The zero-order valence-corrected chi connectivity index (χ0v) is 21.0. The van der Waals surface area contributed by atoms with Crippen LogP contribution in [0.5, 0.6) is 0 Å². The second-order valence-corrected chi connectivity index (χ2v) is 9.81. The minimum atomic E-state index is -0.708. The van der Waals surface area contributed by atoms with Gasteiger partial charge in [-0.1, -0.05) is 57.8 Å².